The number of unbranched alkanes of at least 4 members (excludes halogenated alkanes) is 1. The first-order valence-corrected chi connectivity index (χ1v) is 12.8. The van der Waals surface area contributed by atoms with Crippen LogP contribution in [0.5, 0.6) is 5.75 Å². The largest absolute Gasteiger partial charge is 0.707 e. The summed E-state index contributed by atoms with van der Waals surface area (Å²) in [7, 11) is -1.97. The molecule has 5 aromatic carbocycles. The third-order valence-corrected chi connectivity index (χ3v) is 8.17. The standard InChI is InChI=1S/C29H27BCl2O3/c1-4-5-7-20-14-21-11-10-18-8-6-9-19-12-13-22(26(21)25(18)19)23(20)15-24-28(32)16(2)27(31)17(3)29(24)35-30(33)34/h6,8-14,33-34H,4-5,7,15H2,1-3H3. The second kappa shape index (κ2) is 9.52. The topological polar surface area (TPSA) is 49.7 Å². The lowest BCUT2D eigenvalue weighted by Crippen LogP contribution is -2.22. The molecule has 0 amide bonds. The van der Waals surface area contributed by atoms with Crippen molar-refractivity contribution in [1.29, 1.82) is 0 Å². The molecule has 0 aromatic heterocycles. The van der Waals surface area contributed by atoms with Gasteiger partial charge in [0.2, 0.25) is 0 Å². The fourth-order valence-electron chi connectivity index (χ4n) is 5.36. The van der Waals surface area contributed by atoms with E-state index in [9.17, 15) is 10.0 Å². The highest BCUT2D eigenvalue weighted by molar-refractivity contribution is 6.38. The molecule has 0 saturated heterocycles. The summed E-state index contributed by atoms with van der Waals surface area (Å²) < 4.78 is 5.45. The number of hydrogen-bond acceptors (Lipinski definition) is 3. The molecule has 0 aliphatic heterocycles. The first-order valence-electron chi connectivity index (χ1n) is 12.0. The highest BCUT2D eigenvalue weighted by Crippen LogP contribution is 2.43. The van der Waals surface area contributed by atoms with E-state index in [0.717, 1.165) is 24.8 Å². The van der Waals surface area contributed by atoms with Crippen molar-refractivity contribution in [3.05, 3.63) is 86.4 Å². The molecule has 0 aliphatic rings. The molecule has 5 rings (SSSR count). The van der Waals surface area contributed by atoms with Crippen molar-refractivity contribution in [2.24, 2.45) is 0 Å². The molecule has 6 heteroatoms. The van der Waals surface area contributed by atoms with E-state index in [1.54, 1.807) is 0 Å². The summed E-state index contributed by atoms with van der Waals surface area (Å²) in [6.45, 7) is 5.89. The average molecular weight is 505 g/mol. The summed E-state index contributed by atoms with van der Waals surface area (Å²) in [4.78, 5) is 0. The molecule has 2 N–H and O–H groups in total. The zero-order valence-electron chi connectivity index (χ0n) is 20.1. The van der Waals surface area contributed by atoms with Crippen LogP contribution < -0.4 is 4.65 Å². The summed E-state index contributed by atoms with van der Waals surface area (Å²) in [5.41, 5.74) is 4.57. The molecule has 0 aliphatic carbocycles. The number of halogens is 2. The van der Waals surface area contributed by atoms with Crippen molar-refractivity contribution in [1.82, 2.24) is 0 Å². The van der Waals surface area contributed by atoms with Gasteiger partial charge in [-0.15, -0.1) is 0 Å². The van der Waals surface area contributed by atoms with Crippen molar-refractivity contribution in [2.75, 3.05) is 0 Å². The van der Waals surface area contributed by atoms with Gasteiger partial charge in [-0.25, -0.2) is 0 Å². The quantitative estimate of drug-likeness (QED) is 0.175. The van der Waals surface area contributed by atoms with Gasteiger partial charge < -0.3 is 14.7 Å². The Morgan fingerprint density at radius 1 is 0.829 bits per heavy atom. The van der Waals surface area contributed by atoms with E-state index in [1.807, 2.05) is 13.8 Å². The van der Waals surface area contributed by atoms with Gasteiger partial charge >= 0.3 is 7.32 Å². The van der Waals surface area contributed by atoms with Crippen molar-refractivity contribution >= 4 is 62.8 Å². The molecule has 0 heterocycles. The number of rotatable bonds is 7. The van der Waals surface area contributed by atoms with Crippen LogP contribution in [0.1, 0.15) is 47.6 Å². The zero-order chi connectivity index (χ0) is 24.9. The summed E-state index contributed by atoms with van der Waals surface area (Å²) in [6, 6.07) is 17.5. The fourth-order valence-corrected chi connectivity index (χ4v) is 5.83. The Balaban J connectivity index is 1.82. The minimum absolute atomic E-state index is 0.327. The predicted molar refractivity (Wildman–Crippen MR) is 148 cm³/mol. The van der Waals surface area contributed by atoms with Crippen LogP contribution in [-0.2, 0) is 12.8 Å². The normalized spacial score (nSPS) is 11.7. The third kappa shape index (κ3) is 4.13. The van der Waals surface area contributed by atoms with Gasteiger partial charge in [-0.2, -0.15) is 0 Å². The number of aryl methyl sites for hydroxylation is 1. The van der Waals surface area contributed by atoms with Crippen molar-refractivity contribution in [3.8, 4) is 5.75 Å². The lowest BCUT2D eigenvalue weighted by molar-refractivity contribution is 0.286. The highest BCUT2D eigenvalue weighted by Gasteiger charge is 2.25. The maximum atomic E-state index is 9.65. The van der Waals surface area contributed by atoms with Gasteiger partial charge in [0.1, 0.15) is 5.75 Å². The van der Waals surface area contributed by atoms with E-state index in [-0.39, 0.29) is 0 Å². The van der Waals surface area contributed by atoms with Gasteiger partial charge in [0.05, 0.1) is 10.0 Å². The van der Waals surface area contributed by atoms with Gasteiger partial charge in [-0.3, -0.25) is 0 Å². The summed E-state index contributed by atoms with van der Waals surface area (Å²) >= 11 is 13.4. The highest BCUT2D eigenvalue weighted by atomic mass is 35.5. The Morgan fingerprint density at radius 2 is 1.51 bits per heavy atom. The minimum Gasteiger partial charge on any atom is -0.511 e. The first kappa shape index (κ1) is 24.2. The van der Waals surface area contributed by atoms with Crippen LogP contribution in [0.3, 0.4) is 0 Å². The van der Waals surface area contributed by atoms with Gasteiger partial charge in [-0.1, -0.05) is 85.1 Å². The molecular weight excluding hydrogens is 478 g/mol. The third-order valence-electron chi connectivity index (χ3n) is 7.10. The molecule has 0 atom stereocenters. The maximum absolute atomic E-state index is 9.65. The van der Waals surface area contributed by atoms with E-state index in [2.05, 4.69) is 55.5 Å². The Morgan fingerprint density at radius 3 is 2.20 bits per heavy atom. The SMILES string of the molecule is CCCCc1cc2ccc3cccc4ccc(c1Cc1c(Cl)c(C)c(Cl)c(C)c1OB(O)O)c2c34. The zero-order valence-corrected chi connectivity index (χ0v) is 21.6. The van der Waals surface area contributed by atoms with Crippen LogP contribution in [0.2, 0.25) is 10.0 Å². The van der Waals surface area contributed by atoms with Crippen molar-refractivity contribution in [2.45, 2.75) is 46.5 Å². The van der Waals surface area contributed by atoms with E-state index in [0.29, 0.717) is 33.3 Å². The van der Waals surface area contributed by atoms with Gasteiger partial charge in [-0.05, 0) is 75.7 Å². The fraction of sp³-hybridized carbons (Fsp3) is 0.241. The van der Waals surface area contributed by atoms with Crippen LogP contribution in [0.25, 0.3) is 32.3 Å². The van der Waals surface area contributed by atoms with Crippen LogP contribution in [-0.4, -0.2) is 17.4 Å². The molecule has 3 nitrogen and oxygen atoms in total. The molecular formula is C29H27BCl2O3. The predicted octanol–water partition coefficient (Wildman–Crippen LogP) is 7.79. The number of hydrogen-bond donors (Lipinski definition) is 2. The summed E-state index contributed by atoms with van der Waals surface area (Å²) in [5, 5.41) is 27.6. The first-order chi connectivity index (χ1) is 16.8. The molecule has 5 aromatic rings. The molecule has 35 heavy (non-hydrogen) atoms. The van der Waals surface area contributed by atoms with Gasteiger partial charge in [0.25, 0.3) is 0 Å². The molecule has 0 saturated carbocycles. The minimum atomic E-state index is -1.97. The van der Waals surface area contributed by atoms with Gasteiger partial charge in [0, 0.05) is 17.5 Å². The Bertz CT molecular complexity index is 1550. The Hall–Kier alpha value is -2.50. The van der Waals surface area contributed by atoms with Crippen LogP contribution in [0.4, 0.5) is 0 Å². The molecule has 0 unspecified atom stereocenters. The van der Waals surface area contributed by atoms with E-state index in [1.165, 1.54) is 43.4 Å². The molecule has 0 radical (unpaired) electrons. The second-order valence-corrected chi connectivity index (χ2v) is 10.0. The van der Waals surface area contributed by atoms with E-state index >= 15 is 0 Å². The lowest BCUT2D eigenvalue weighted by atomic mass is 9.85. The van der Waals surface area contributed by atoms with Crippen molar-refractivity contribution in [3.63, 3.8) is 0 Å². The maximum Gasteiger partial charge on any atom is 0.707 e. The number of benzene rings is 5. The Kier molecular flexibility index (Phi) is 6.58. The van der Waals surface area contributed by atoms with Crippen LogP contribution in [0.15, 0.2) is 48.5 Å². The molecule has 0 fully saturated rings. The smallest absolute Gasteiger partial charge is 0.511 e. The average Bonchev–Trinajstić information content (AvgIpc) is 2.85. The molecule has 178 valence electrons. The van der Waals surface area contributed by atoms with Gasteiger partial charge in [0.15, 0.2) is 0 Å². The summed E-state index contributed by atoms with van der Waals surface area (Å²) in [5.74, 6) is 0.327. The molecule has 0 bridgehead atoms. The van der Waals surface area contributed by atoms with Crippen LogP contribution in [0, 0.1) is 13.8 Å². The summed E-state index contributed by atoms with van der Waals surface area (Å²) in [6.07, 6.45) is 3.61. The monoisotopic (exact) mass is 504 g/mol. The second-order valence-electron chi connectivity index (χ2n) is 9.28. The Labute approximate surface area is 215 Å². The molecule has 0 spiro atoms. The lowest BCUT2D eigenvalue weighted by Gasteiger charge is -2.22. The van der Waals surface area contributed by atoms with E-state index in [4.69, 9.17) is 27.9 Å². The van der Waals surface area contributed by atoms with E-state index < -0.39 is 7.32 Å². The van der Waals surface area contributed by atoms with Crippen molar-refractivity contribution < 1.29 is 14.7 Å². The van der Waals surface area contributed by atoms with Crippen LogP contribution >= 0.6 is 23.2 Å².